The first kappa shape index (κ1) is 13.6. The summed E-state index contributed by atoms with van der Waals surface area (Å²) in [4.78, 5) is 10.3. The van der Waals surface area contributed by atoms with E-state index in [-0.39, 0.29) is 12.6 Å². The number of nitrogens with two attached hydrogens (primary N) is 1. The van der Waals surface area contributed by atoms with E-state index >= 15 is 0 Å². The Morgan fingerprint density at radius 2 is 2.20 bits per heavy atom. The third kappa shape index (κ3) is 1.95. The SMILES string of the molecule is C=C1Sc2cnc(N)nc2N1C1O[C@H](CO)[C@@H](O)[C@H]1O. The number of hydrogen-bond acceptors (Lipinski definition) is 9. The van der Waals surface area contributed by atoms with Crippen molar-refractivity contribution in [2.24, 2.45) is 0 Å². The summed E-state index contributed by atoms with van der Waals surface area (Å²) in [6, 6.07) is 0. The molecule has 9 heteroatoms. The number of hydrogen-bond donors (Lipinski definition) is 4. The number of thioether (sulfide) groups is 1. The van der Waals surface area contributed by atoms with Gasteiger partial charge in [0.25, 0.3) is 0 Å². The minimum atomic E-state index is -1.19. The highest BCUT2D eigenvalue weighted by molar-refractivity contribution is 8.03. The fourth-order valence-electron chi connectivity index (χ4n) is 2.27. The average Bonchev–Trinajstić information content (AvgIpc) is 2.88. The van der Waals surface area contributed by atoms with E-state index in [1.165, 1.54) is 11.8 Å². The number of nitrogen functional groups attached to an aromatic ring is 1. The van der Waals surface area contributed by atoms with E-state index in [0.717, 1.165) is 4.90 Å². The maximum atomic E-state index is 10.1. The maximum absolute atomic E-state index is 10.1. The quantitative estimate of drug-likeness (QED) is 0.537. The van der Waals surface area contributed by atoms with Gasteiger partial charge in [-0.25, -0.2) is 4.98 Å². The van der Waals surface area contributed by atoms with Gasteiger partial charge in [0.2, 0.25) is 5.95 Å². The Kier molecular flexibility index (Phi) is 3.30. The molecule has 0 amide bonds. The number of anilines is 2. The number of ether oxygens (including phenoxy) is 1. The van der Waals surface area contributed by atoms with Crippen LogP contribution in [-0.4, -0.2) is 56.4 Å². The molecule has 1 fully saturated rings. The van der Waals surface area contributed by atoms with Gasteiger partial charge in [0.05, 0.1) is 16.5 Å². The predicted molar refractivity (Wildman–Crippen MR) is 71.7 cm³/mol. The highest BCUT2D eigenvalue weighted by Crippen LogP contribution is 2.46. The van der Waals surface area contributed by atoms with Gasteiger partial charge >= 0.3 is 0 Å². The van der Waals surface area contributed by atoms with E-state index in [0.29, 0.717) is 10.8 Å². The van der Waals surface area contributed by atoms with E-state index in [2.05, 4.69) is 16.5 Å². The van der Waals surface area contributed by atoms with Crippen molar-refractivity contribution in [3.8, 4) is 0 Å². The Bertz CT molecular complexity index is 557. The lowest BCUT2D eigenvalue weighted by atomic mass is 10.1. The Morgan fingerprint density at radius 1 is 1.45 bits per heavy atom. The summed E-state index contributed by atoms with van der Waals surface area (Å²) < 4.78 is 5.49. The first-order valence-electron chi connectivity index (χ1n) is 5.94. The van der Waals surface area contributed by atoms with Gasteiger partial charge in [0.15, 0.2) is 12.0 Å². The van der Waals surface area contributed by atoms with Crippen molar-refractivity contribution in [3.63, 3.8) is 0 Å². The van der Waals surface area contributed by atoms with Crippen LogP contribution in [0.3, 0.4) is 0 Å². The van der Waals surface area contributed by atoms with Gasteiger partial charge in [-0.15, -0.1) is 0 Å². The highest BCUT2D eigenvalue weighted by Gasteiger charge is 2.48. The van der Waals surface area contributed by atoms with Crippen LogP contribution in [0.15, 0.2) is 22.7 Å². The summed E-state index contributed by atoms with van der Waals surface area (Å²) in [5.74, 6) is 0.568. The molecule has 0 aliphatic carbocycles. The molecule has 0 bridgehead atoms. The van der Waals surface area contributed by atoms with Gasteiger partial charge in [-0.05, 0) is 0 Å². The molecular weight excluding hydrogens is 284 g/mol. The summed E-state index contributed by atoms with van der Waals surface area (Å²) in [6.07, 6.45) is -2.53. The molecule has 8 nitrogen and oxygen atoms in total. The van der Waals surface area contributed by atoms with Crippen LogP contribution < -0.4 is 10.6 Å². The lowest BCUT2D eigenvalue weighted by molar-refractivity contribution is -0.0205. The second kappa shape index (κ2) is 4.86. The van der Waals surface area contributed by atoms with Crippen LogP contribution in [0.5, 0.6) is 0 Å². The molecule has 0 aromatic carbocycles. The van der Waals surface area contributed by atoms with Crippen LogP contribution in [-0.2, 0) is 4.74 Å². The molecule has 5 N–H and O–H groups in total. The van der Waals surface area contributed by atoms with Crippen molar-refractivity contribution >= 4 is 23.5 Å². The molecule has 1 aromatic rings. The number of aliphatic hydroxyl groups is 3. The van der Waals surface area contributed by atoms with E-state index in [1.54, 1.807) is 11.1 Å². The standard InChI is InChI=1S/C11H14N4O4S/c1-4-15(9-6(20-4)2-13-11(12)14-9)10-8(18)7(17)5(3-16)19-10/h2,5,7-8,10,16-18H,1,3H2,(H2,12,13,14)/t5-,7-,8-,10?/m1/s1. The van der Waals surface area contributed by atoms with Crippen LogP contribution >= 0.6 is 11.8 Å². The third-order valence-electron chi connectivity index (χ3n) is 3.25. The largest absolute Gasteiger partial charge is 0.394 e. The number of fused-ring (bicyclic) bond motifs is 1. The monoisotopic (exact) mass is 298 g/mol. The van der Waals surface area contributed by atoms with Crippen molar-refractivity contribution in [3.05, 3.63) is 17.8 Å². The number of aliphatic hydroxyl groups excluding tert-OH is 3. The summed E-state index contributed by atoms with van der Waals surface area (Å²) in [7, 11) is 0. The minimum absolute atomic E-state index is 0.0933. The summed E-state index contributed by atoms with van der Waals surface area (Å²) in [6.45, 7) is 3.49. The molecule has 1 unspecified atom stereocenters. The predicted octanol–water partition coefficient (Wildman–Crippen LogP) is -1.12. The lowest BCUT2D eigenvalue weighted by Gasteiger charge is -2.27. The molecule has 3 heterocycles. The molecule has 0 saturated carbocycles. The normalized spacial score (nSPS) is 32.8. The second-order valence-corrected chi connectivity index (χ2v) is 5.63. The van der Waals surface area contributed by atoms with E-state index in [4.69, 9.17) is 15.6 Å². The molecule has 1 aromatic heterocycles. The van der Waals surface area contributed by atoms with Crippen LogP contribution in [0.1, 0.15) is 0 Å². The first-order valence-corrected chi connectivity index (χ1v) is 6.75. The van der Waals surface area contributed by atoms with E-state index in [9.17, 15) is 10.2 Å². The topological polar surface area (TPSA) is 125 Å². The van der Waals surface area contributed by atoms with Crippen molar-refractivity contribution in [1.29, 1.82) is 0 Å². The number of rotatable bonds is 2. The Labute approximate surface area is 118 Å². The zero-order valence-electron chi connectivity index (χ0n) is 10.4. The molecule has 0 radical (unpaired) electrons. The van der Waals surface area contributed by atoms with Crippen molar-refractivity contribution < 1.29 is 20.1 Å². The van der Waals surface area contributed by atoms with Gasteiger partial charge in [-0.2, -0.15) is 4.98 Å². The number of aromatic nitrogens is 2. The summed E-state index contributed by atoms with van der Waals surface area (Å²) in [5.41, 5.74) is 5.57. The molecular formula is C11H14N4O4S. The van der Waals surface area contributed by atoms with Crippen molar-refractivity contribution in [2.75, 3.05) is 17.2 Å². The average molecular weight is 298 g/mol. The molecule has 0 spiro atoms. The molecule has 20 heavy (non-hydrogen) atoms. The van der Waals surface area contributed by atoms with E-state index < -0.39 is 24.5 Å². The van der Waals surface area contributed by atoms with Crippen LogP contribution in [0, 0.1) is 0 Å². The number of nitrogens with zero attached hydrogens (tertiary/aromatic N) is 3. The molecule has 3 rings (SSSR count). The fourth-order valence-corrected chi connectivity index (χ4v) is 3.15. The lowest BCUT2D eigenvalue weighted by Crippen LogP contribution is -2.42. The van der Waals surface area contributed by atoms with Gasteiger partial charge in [-0.1, -0.05) is 18.3 Å². The second-order valence-electron chi connectivity index (χ2n) is 4.51. The van der Waals surface area contributed by atoms with Crippen molar-refractivity contribution in [2.45, 2.75) is 29.4 Å². The zero-order chi connectivity index (χ0) is 14.4. The summed E-state index contributed by atoms with van der Waals surface area (Å²) >= 11 is 1.32. The maximum Gasteiger partial charge on any atom is 0.222 e. The van der Waals surface area contributed by atoms with Gasteiger partial charge < -0.3 is 25.8 Å². The fraction of sp³-hybridized carbons (Fsp3) is 0.455. The molecule has 108 valence electrons. The van der Waals surface area contributed by atoms with Crippen LogP contribution in [0.2, 0.25) is 0 Å². The Balaban J connectivity index is 1.96. The first-order chi connectivity index (χ1) is 9.52. The van der Waals surface area contributed by atoms with Gasteiger partial charge in [0, 0.05) is 6.20 Å². The van der Waals surface area contributed by atoms with Gasteiger partial charge in [-0.3, -0.25) is 4.90 Å². The van der Waals surface area contributed by atoms with E-state index in [1.807, 2.05) is 0 Å². The highest BCUT2D eigenvalue weighted by atomic mass is 32.2. The zero-order valence-corrected chi connectivity index (χ0v) is 11.2. The smallest absolute Gasteiger partial charge is 0.222 e. The van der Waals surface area contributed by atoms with Crippen LogP contribution in [0.25, 0.3) is 0 Å². The third-order valence-corrected chi connectivity index (χ3v) is 4.19. The van der Waals surface area contributed by atoms with Crippen LogP contribution in [0.4, 0.5) is 11.8 Å². The molecule has 2 aliphatic rings. The minimum Gasteiger partial charge on any atom is -0.394 e. The Morgan fingerprint density at radius 3 is 2.85 bits per heavy atom. The van der Waals surface area contributed by atoms with Crippen molar-refractivity contribution in [1.82, 2.24) is 9.97 Å². The van der Waals surface area contributed by atoms with Gasteiger partial charge in [0.1, 0.15) is 18.3 Å². The molecule has 2 aliphatic heterocycles. The summed E-state index contributed by atoms with van der Waals surface area (Å²) in [5, 5.41) is 29.6. The Hall–Kier alpha value is -1.39. The molecule has 4 atom stereocenters. The molecule has 1 saturated heterocycles.